The molecule has 4 heteroatoms. The zero-order valence-corrected chi connectivity index (χ0v) is 10.4. The molecule has 1 aliphatic carbocycles. The van der Waals surface area contributed by atoms with Crippen molar-refractivity contribution in [3.05, 3.63) is 28.8 Å². The fourth-order valence-corrected chi connectivity index (χ4v) is 2.46. The standard InChI is InChI=1S/C13H16ClNO2/c14-10-6-3-7-11(15)12(10)13(16)17-8-9-4-1-2-5-9/h3,6-7,9H,1-2,4-5,8,15H2. The number of anilines is 1. The first kappa shape index (κ1) is 12.2. The minimum atomic E-state index is -0.417. The van der Waals surface area contributed by atoms with Crippen molar-refractivity contribution in [2.75, 3.05) is 12.3 Å². The largest absolute Gasteiger partial charge is 0.462 e. The smallest absolute Gasteiger partial charge is 0.341 e. The summed E-state index contributed by atoms with van der Waals surface area (Å²) in [5.74, 6) is 0.0858. The molecule has 17 heavy (non-hydrogen) atoms. The molecule has 0 unspecified atom stereocenters. The Labute approximate surface area is 106 Å². The van der Waals surface area contributed by atoms with Gasteiger partial charge in [-0.05, 0) is 30.9 Å². The normalized spacial score (nSPS) is 16.1. The van der Waals surface area contributed by atoms with E-state index < -0.39 is 5.97 Å². The maximum Gasteiger partial charge on any atom is 0.341 e. The van der Waals surface area contributed by atoms with Crippen LogP contribution >= 0.6 is 11.6 Å². The van der Waals surface area contributed by atoms with Crippen LogP contribution in [0, 0.1) is 5.92 Å². The summed E-state index contributed by atoms with van der Waals surface area (Å²) < 4.78 is 5.27. The maximum atomic E-state index is 11.9. The Balaban J connectivity index is 1.99. The number of hydrogen-bond donors (Lipinski definition) is 1. The van der Waals surface area contributed by atoms with Gasteiger partial charge in [0.1, 0.15) is 5.56 Å². The Kier molecular flexibility index (Phi) is 3.89. The van der Waals surface area contributed by atoms with Crippen molar-refractivity contribution in [3.63, 3.8) is 0 Å². The van der Waals surface area contributed by atoms with Crippen molar-refractivity contribution in [1.82, 2.24) is 0 Å². The number of hydrogen-bond acceptors (Lipinski definition) is 3. The summed E-state index contributed by atoms with van der Waals surface area (Å²) in [6.45, 7) is 0.476. The van der Waals surface area contributed by atoms with E-state index in [0.717, 1.165) is 12.8 Å². The summed E-state index contributed by atoms with van der Waals surface area (Å²) in [5.41, 5.74) is 6.37. The molecule has 1 aliphatic rings. The number of nitrogens with two attached hydrogens (primary N) is 1. The molecule has 0 bridgehead atoms. The monoisotopic (exact) mass is 253 g/mol. The predicted molar refractivity (Wildman–Crippen MR) is 68.1 cm³/mol. The average molecular weight is 254 g/mol. The molecule has 0 aromatic heterocycles. The number of ether oxygens (including phenoxy) is 1. The number of esters is 1. The van der Waals surface area contributed by atoms with Gasteiger partial charge in [0.15, 0.2) is 0 Å². The molecule has 3 nitrogen and oxygen atoms in total. The first-order chi connectivity index (χ1) is 8.18. The van der Waals surface area contributed by atoms with Crippen LogP contribution in [0.2, 0.25) is 5.02 Å². The zero-order chi connectivity index (χ0) is 12.3. The molecule has 0 heterocycles. The molecule has 1 saturated carbocycles. The Morgan fingerprint density at radius 2 is 2.12 bits per heavy atom. The molecule has 0 radical (unpaired) electrons. The second kappa shape index (κ2) is 5.41. The van der Waals surface area contributed by atoms with Crippen molar-refractivity contribution in [2.45, 2.75) is 25.7 Å². The number of nitrogen functional groups attached to an aromatic ring is 1. The van der Waals surface area contributed by atoms with E-state index in [1.54, 1.807) is 18.2 Å². The summed E-state index contributed by atoms with van der Waals surface area (Å²) >= 11 is 5.94. The lowest BCUT2D eigenvalue weighted by Crippen LogP contribution is -2.14. The quantitative estimate of drug-likeness (QED) is 0.664. The van der Waals surface area contributed by atoms with E-state index in [1.807, 2.05) is 0 Å². The topological polar surface area (TPSA) is 52.3 Å². The molecule has 92 valence electrons. The van der Waals surface area contributed by atoms with Gasteiger partial charge >= 0.3 is 5.97 Å². The average Bonchev–Trinajstić information content (AvgIpc) is 2.79. The minimum Gasteiger partial charge on any atom is -0.462 e. The highest BCUT2D eigenvalue weighted by molar-refractivity contribution is 6.34. The highest BCUT2D eigenvalue weighted by Crippen LogP contribution is 2.26. The van der Waals surface area contributed by atoms with Crippen molar-refractivity contribution >= 4 is 23.3 Å². The molecule has 2 rings (SSSR count). The fourth-order valence-electron chi connectivity index (χ4n) is 2.20. The maximum absolute atomic E-state index is 11.9. The van der Waals surface area contributed by atoms with Crippen molar-refractivity contribution in [3.8, 4) is 0 Å². The van der Waals surface area contributed by atoms with Gasteiger partial charge in [0.05, 0.1) is 11.6 Å². The summed E-state index contributed by atoms with van der Waals surface area (Å²) in [7, 11) is 0. The van der Waals surface area contributed by atoms with Gasteiger partial charge in [-0.1, -0.05) is 30.5 Å². The van der Waals surface area contributed by atoms with Crippen molar-refractivity contribution in [2.24, 2.45) is 5.92 Å². The Morgan fingerprint density at radius 1 is 1.41 bits per heavy atom. The first-order valence-electron chi connectivity index (χ1n) is 5.89. The van der Waals surface area contributed by atoms with Crippen LogP contribution in [0.15, 0.2) is 18.2 Å². The predicted octanol–water partition coefficient (Wildman–Crippen LogP) is 3.27. The molecule has 1 fully saturated rings. The van der Waals surface area contributed by atoms with E-state index in [0.29, 0.717) is 23.2 Å². The van der Waals surface area contributed by atoms with Crippen molar-refractivity contribution in [1.29, 1.82) is 0 Å². The van der Waals surface area contributed by atoms with Crippen LogP contribution in [0.4, 0.5) is 5.69 Å². The van der Waals surface area contributed by atoms with Crippen LogP contribution in [0.3, 0.4) is 0 Å². The molecule has 0 atom stereocenters. The zero-order valence-electron chi connectivity index (χ0n) is 9.62. The summed E-state index contributed by atoms with van der Waals surface area (Å²) in [5, 5.41) is 0.349. The van der Waals surface area contributed by atoms with Crippen LogP contribution in [0.5, 0.6) is 0 Å². The molecular weight excluding hydrogens is 238 g/mol. The Bertz CT molecular complexity index is 394. The summed E-state index contributed by atoms with van der Waals surface area (Å²) in [6.07, 6.45) is 4.75. The number of halogens is 1. The van der Waals surface area contributed by atoms with Gasteiger partial charge in [0, 0.05) is 5.69 Å². The second-order valence-corrected chi connectivity index (χ2v) is 4.86. The highest BCUT2D eigenvalue weighted by atomic mass is 35.5. The molecular formula is C13H16ClNO2. The third-order valence-corrected chi connectivity index (χ3v) is 3.49. The van der Waals surface area contributed by atoms with Gasteiger partial charge in [-0.3, -0.25) is 0 Å². The van der Waals surface area contributed by atoms with E-state index in [2.05, 4.69) is 0 Å². The third-order valence-electron chi connectivity index (χ3n) is 3.17. The van der Waals surface area contributed by atoms with Gasteiger partial charge in [-0.25, -0.2) is 4.79 Å². The number of benzene rings is 1. The molecule has 0 aliphatic heterocycles. The van der Waals surface area contributed by atoms with Crippen molar-refractivity contribution < 1.29 is 9.53 Å². The SMILES string of the molecule is Nc1cccc(Cl)c1C(=O)OCC1CCCC1. The minimum absolute atomic E-state index is 0.284. The molecule has 0 saturated heterocycles. The van der Waals surface area contributed by atoms with Gasteiger partial charge in [-0.2, -0.15) is 0 Å². The van der Waals surface area contributed by atoms with Crippen LogP contribution in [-0.2, 0) is 4.74 Å². The van der Waals surface area contributed by atoms with Crippen LogP contribution < -0.4 is 5.73 Å². The lowest BCUT2D eigenvalue weighted by atomic mass is 10.1. The van der Waals surface area contributed by atoms with Gasteiger partial charge in [0.25, 0.3) is 0 Å². The Hall–Kier alpha value is -1.22. The van der Waals surface area contributed by atoms with Gasteiger partial charge in [0.2, 0.25) is 0 Å². The van der Waals surface area contributed by atoms with Gasteiger partial charge < -0.3 is 10.5 Å². The van der Waals surface area contributed by atoms with Crippen LogP contribution in [0.1, 0.15) is 36.0 Å². The highest BCUT2D eigenvalue weighted by Gasteiger charge is 2.20. The molecule has 0 amide bonds. The molecule has 1 aromatic carbocycles. The number of carbonyl (C=O) groups is 1. The number of rotatable bonds is 3. The van der Waals surface area contributed by atoms with E-state index >= 15 is 0 Å². The molecule has 1 aromatic rings. The fraction of sp³-hybridized carbons (Fsp3) is 0.462. The van der Waals surface area contributed by atoms with E-state index in [4.69, 9.17) is 22.1 Å². The van der Waals surface area contributed by atoms with Gasteiger partial charge in [-0.15, -0.1) is 0 Å². The lowest BCUT2D eigenvalue weighted by Gasteiger charge is -2.11. The second-order valence-electron chi connectivity index (χ2n) is 4.45. The lowest BCUT2D eigenvalue weighted by molar-refractivity contribution is 0.0444. The van der Waals surface area contributed by atoms with E-state index in [-0.39, 0.29) is 5.56 Å². The number of carbonyl (C=O) groups excluding carboxylic acids is 1. The molecule has 0 spiro atoms. The molecule has 2 N–H and O–H groups in total. The van der Waals surface area contributed by atoms with Crippen LogP contribution in [0.25, 0.3) is 0 Å². The third kappa shape index (κ3) is 2.91. The van der Waals surface area contributed by atoms with E-state index in [1.165, 1.54) is 12.8 Å². The summed E-state index contributed by atoms with van der Waals surface area (Å²) in [6, 6.07) is 5.01. The van der Waals surface area contributed by atoms with E-state index in [9.17, 15) is 4.79 Å². The first-order valence-corrected chi connectivity index (χ1v) is 6.27. The summed E-state index contributed by atoms with van der Waals surface area (Å²) in [4.78, 5) is 11.9. The Morgan fingerprint density at radius 3 is 2.76 bits per heavy atom. The van der Waals surface area contributed by atoms with Crippen LogP contribution in [-0.4, -0.2) is 12.6 Å².